The second-order valence-electron chi connectivity index (χ2n) is 4.81. The number of carbonyl (C=O) groups is 1. The van der Waals surface area contributed by atoms with Crippen molar-refractivity contribution in [2.75, 3.05) is 6.54 Å². The van der Waals surface area contributed by atoms with Crippen LogP contribution in [0.15, 0.2) is 0 Å². The first-order chi connectivity index (χ1) is 6.75. The molecule has 2 aliphatic carbocycles. The molecule has 0 saturated heterocycles. The second-order valence-corrected chi connectivity index (χ2v) is 4.81. The molecule has 0 heterocycles. The lowest BCUT2D eigenvalue weighted by Gasteiger charge is -2.24. The molecule has 0 spiro atoms. The standard InChI is InChI=1S/C11H20N2O/c12-10(9-4-5-9)7-13-11(14)6-8-2-1-3-8/h8-10H,1-7,12H2,(H,13,14). The van der Waals surface area contributed by atoms with Gasteiger partial charge in [-0.05, 0) is 37.5 Å². The van der Waals surface area contributed by atoms with E-state index in [9.17, 15) is 4.79 Å². The fourth-order valence-electron chi connectivity index (χ4n) is 1.95. The molecular formula is C11H20N2O. The van der Waals surface area contributed by atoms with Gasteiger partial charge in [0.05, 0.1) is 0 Å². The topological polar surface area (TPSA) is 55.1 Å². The molecule has 1 atom stereocenters. The highest BCUT2D eigenvalue weighted by Crippen LogP contribution is 2.31. The minimum Gasteiger partial charge on any atom is -0.355 e. The third kappa shape index (κ3) is 2.71. The number of nitrogens with one attached hydrogen (secondary N) is 1. The van der Waals surface area contributed by atoms with Crippen molar-refractivity contribution in [2.24, 2.45) is 17.6 Å². The molecule has 1 unspecified atom stereocenters. The number of rotatable bonds is 5. The molecule has 2 fully saturated rings. The van der Waals surface area contributed by atoms with Crippen LogP contribution in [0.3, 0.4) is 0 Å². The largest absolute Gasteiger partial charge is 0.355 e. The van der Waals surface area contributed by atoms with E-state index in [1.54, 1.807) is 0 Å². The van der Waals surface area contributed by atoms with E-state index < -0.39 is 0 Å². The van der Waals surface area contributed by atoms with Gasteiger partial charge in [0.2, 0.25) is 5.91 Å². The maximum atomic E-state index is 11.4. The minimum absolute atomic E-state index is 0.195. The highest BCUT2D eigenvalue weighted by Gasteiger charge is 2.28. The van der Waals surface area contributed by atoms with Crippen LogP contribution in [0.25, 0.3) is 0 Å². The van der Waals surface area contributed by atoms with Crippen LogP contribution in [0.5, 0.6) is 0 Å². The van der Waals surface area contributed by atoms with Crippen LogP contribution in [-0.2, 0) is 4.79 Å². The quantitative estimate of drug-likeness (QED) is 0.690. The van der Waals surface area contributed by atoms with Crippen LogP contribution < -0.4 is 11.1 Å². The zero-order chi connectivity index (χ0) is 9.97. The van der Waals surface area contributed by atoms with Crippen LogP contribution >= 0.6 is 0 Å². The van der Waals surface area contributed by atoms with Gasteiger partial charge >= 0.3 is 0 Å². The van der Waals surface area contributed by atoms with Crippen molar-refractivity contribution in [1.82, 2.24) is 5.32 Å². The van der Waals surface area contributed by atoms with Crippen molar-refractivity contribution < 1.29 is 4.79 Å². The van der Waals surface area contributed by atoms with Gasteiger partial charge < -0.3 is 11.1 Å². The number of hydrogen-bond acceptors (Lipinski definition) is 2. The van der Waals surface area contributed by atoms with E-state index in [1.165, 1.54) is 32.1 Å². The minimum atomic E-state index is 0.195. The zero-order valence-electron chi connectivity index (χ0n) is 8.67. The molecule has 3 heteroatoms. The average Bonchev–Trinajstić information content (AvgIpc) is 2.90. The SMILES string of the molecule is NC(CNC(=O)CC1CCC1)C1CC1. The van der Waals surface area contributed by atoms with Crippen LogP contribution in [0, 0.1) is 11.8 Å². The van der Waals surface area contributed by atoms with Gasteiger partial charge in [-0.15, -0.1) is 0 Å². The van der Waals surface area contributed by atoms with Gasteiger partial charge in [0.1, 0.15) is 0 Å². The summed E-state index contributed by atoms with van der Waals surface area (Å²) in [5.41, 5.74) is 5.89. The average molecular weight is 196 g/mol. The first-order valence-corrected chi connectivity index (χ1v) is 5.78. The van der Waals surface area contributed by atoms with Gasteiger partial charge in [-0.25, -0.2) is 0 Å². The van der Waals surface area contributed by atoms with Crippen LogP contribution in [0.4, 0.5) is 0 Å². The Morgan fingerprint density at radius 1 is 1.36 bits per heavy atom. The summed E-state index contributed by atoms with van der Waals surface area (Å²) in [5, 5.41) is 2.94. The third-order valence-corrected chi connectivity index (χ3v) is 3.46. The predicted molar refractivity (Wildman–Crippen MR) is 55.7 cm³/mol. The van der Waals surface area contributed by atoms with E-state index in [4.69, 9.17) is 5.73 Å². The predicted octanol–water partition coefficient (Wildman–Crippen LogP) is 1.03. The fourth-order valence-corrected chi connectivity index (χ4v) is 1.95. The Kier molecular flexibility index (Phi) is 3.06. The molecule has 1 amide bonds. The first-order valence-electron chi connectivity index (χ1n) is 5.78. The normalized spacial score (nSPS) is 24.1. The number of carbonyl (C=O) groups excluding carboxylic acids is 1. The van der Waals surface area contributed by atoms with Crippen molar-refractivity contribution >= 4 is 5.91 Å². The van der Waals surface area contributed by atoms with Crippen molar-refractivity contribution in [2.45, 2.75) is 44.6 Å². The molecule has 0 aromatic rings. The zero-order valence-corrected chi connectivity index (χ0v) is 8.67. The van der Waals surface area contributed by atoms with E-state index in [2.05, 4.69) is 5.32 Å². The fraction of sp³-hybridized carbons (Fsp3) is 0.909. The van der Waals surface area contributed by atoms with Crippen LogP contribution in [-0.4, -0.2) is 18.5 Å². The van der Waals surface area contributed by atoms with E-state index in [-0.39, 0.29) is 11.9 Å². The summed E-state index contributed by atoms with van der Waals surface area (Å²) < 4.78 is 0. The van der Waals surface area contributed by atoms with Gasteiger partial charge in [-0.2, -0.15) is 0 Å². The monoisotopic (exact) mass is 196 g/mol. The van der Waals surface area contributed by atoms with Gasteiger partial charge in [0.15, 0.2) is 0 Å². The molecule has 2 saturated carbocycles. The molecule has 80 valence electrons. The lowest BCUT2D eigenvalue weighted by Crippen LogP contribution is -2.39. The van der Waals surface area contributed by atoms with Gasteiger partial charge in [-0.3, -0.25) is 4.79 Å². The molecule has 3 N–H and O–H groups in total. The van der Waals surface area contributed by atoms with E-state index in [1.807, 2.05) is 0 Å². The van der Waals surface area contributed by atoms with Gasteiger partial charge in [-0.1, -0.05) is 6.42 Å². The summed E-state index contributed by atoms with van der Waals surface area (Å²) in [5.74, 6) is 1.54. The van der Waals surface area contributed by atoms with Crippen molar-refractivity contribution in [3.05, 3.63) is 0 Å². The molecule has 0 radical (unpaired) electrons. The van der Waals surface area contributed by atoms with Gasteiger partial charge in [0, 0.05) is 19.0 Å². The third-order valence-electron chi connectivity index (χ3n) is 3.46. The number of amides is 1. The Morgan fingerprint density at radius 2 is 2.07 bits per heavy atom. The van der Waals surface area contributed by atoms with E-state index in [0.29, 0.717) is 18.4 Å². The summed E-state index contributed by atoms with van der Waals surface area (Å²) in [6.45, 7) is 0.677. The lowest BCUT2D eigenvalue weighted by molar-refractivity contribution is -0.122. The van der Waals surface area contributed by atoms with Crippen molar-refractivity contribution in [1.29, 1.82) is 0 Å². The molecular weight excluding hydrogens is 176 g/mol. The van der Waals surface area contributed by atoms with Gasteiger partial charge in [0.25, 0.3) is 0 Å². The second kappa shape index (κ2) is 4.30. The van der Waals surface area contributed by atoms with Crippen LogP contribution in [0.2, 0.25) is 0 Å². The number of hydrogen-bond donors (Lipinski definition) is 2. The highest BCUT2D eigenvalue weighted by atomic mass is 16.1. The summed E-state index contributed by atoms with van der Waals surface area (Å²) >= 11 is 0. The maximum Gasteiger partial charge on any atom is 0.220 e. The van der Waals surface area contributed by atoms with E-state index in [0.717, 1.165) is 6.42 Å². The Bertz CT molecular complexity index is 209. The summed E-state index contributed by atoms with van der Waals surface area (Å²) in [7, 11) is 0. The summed E-state index contributed by atoms with van der Waals surface area (Å²) in [4.78, 5) is 11.4. The number of nitrogens with two attached hydrogens (primary N) is 1. The maximum absolute atomic E-state index is 11.4. The molecule has 0 aromatic carbocycles. The Balaban J connectivity index is 1.56. The smallest absolute Gasteiger partial charge is 0.220 e. The Hall–Kier alpha value is -0.570. The molecule has 2 rings (SSSR count). The molecule has 14 heavy (non-hydrogen) atoms. The van der Waals surface area contributed by atoms with Crippen molar-refractivity contribution in [3.8, 4) is 0 Å². The molecule has 0 aromatic heterocycles. The summed E-state index contributed by atoms with van der Waals surface area (Å²) in [6, 6.07) is 0.195. The summed E-state index contributed by atoms with van der Waals surface area (Å²) in [6.07, 6.45) is 7.00. The Labute approximate surface area is 85.4 Å². The molecule has 0 bridgehead atoms. The first kappa shape index (κ1) is 9.97. The Morgan fingerprint density at radius 3 is 2.57 bits per heavy atom. The lowest BCUT2D eigenvalue weighted by atomic mass is 9.83. The van der Waals surface area contributed by atoms with Crippen molar-refractivity contribution in [3.63, 3.8) is 0 Å². The molecule has 2 aliphatic rings. The highest BCUT2D eigenvalue weighted by molar-refractivity contribution is 5.76. The van der Waals surface area contributed by atoms with Crippen LogP contribution in [0.1, 0.15) is 38.5 Å². The molecule has 3 nitrogen and oxygen atoms in total. The molecule has 0 aliphatic heterocycles. The van der Waals surface area contributed by atoms with E-state index >= 15 is 0 Å².